The fourth-order valence-corrected chi connectivity index (χ4v) is 4.58. The molecule has 0 saturated carbocycles. The Morgan fingerprint density at radius 3 is 3.08 bits per heavy atom. The van der Waals surface area contributed by atoms with Gasteiger partial charge in [0.15, 0.2) is 5.17 Å². The molecule has 2 atom stereocenters. The Morgan fingerprint density at radius 2 is 2.33 bits per heavy atom. The quantitative estimate of drug-likeness (QED) is 0.756. The number of thioether (sulfide) groups is 1. The predicted molar refractivity (Wildman–Crippen MR) is 91.8 cm³/mol. The Kier molecular flexibility index (Phi) is 5.16. The molecule has 0 aromatic carbocycles. The third-order valence-corrected chi connectivity index (χ3v) is 5.90. The number of carbonyl (C=O) groups is 1. The predicted octanol–water partition coefficient (Wildman–Crippen LogP) is 0.515. The molecule has 0 aromatic heterocycles. The van der Waals surface area contributed by atoms with Crippen molar-refractivity contribution in [2.75, 3.05) is 32.4 Å². The van der Waals surface area contributed by atoms with Crippen LogP contribution in [0.2, 0.25) is 0 Å². The second kappa shape index (κ2) is 7.01. The van der Waals surface area contributed by atoms with E-state index in [1.807, 2.05) is 10.3 Å². The van der Waals surface area contributed by atoms with E-state index in [0.717, 1.165) is 36.6 Å². The zero-order valence-corrected chi connectivity index (χ0v) is 15.1. The number of rotatable bonds is 5. The van der Waals surface area contributed by atoms with Crippen LogP contribution in [0.4, 0.5) is 4.39 Å². The van der Waals surface area contributed by atoms with E-state index in [9.17, 15) is 17.6 Å². The Labute approximate surface area is 145 Å². The molecule has 1 fully saturated rings. The number of nitrogens with zero attached hydrogens (tertiary/aromatic N) is 3. The third-order valence-electron chi connectivity index (χ3n) is 4.26. The number of fused-ring (bicyclic) bond motifs is 1. The van der Waals surface area contributed by atoms with E-state index in [-0.39, 0.29) is 31.8 Å². The summed E-state index contributed by atoms with van der Waals surface area (Å²) in [5.41, 5.74) is 0.889. The molecule has 0 aromatic rings. The largest absolute Gasteiger partial charge is 0.335 e. The van der Waals surface area contributed by atoms with Crippen LogP contribution in [-0.2, 0) is 14.8 Å². The number of aliphatic imine (C=N–C) groups is 1. The van der Waals surface area contributed by atoms with Gasteiger partial charge in [-0.25, -0.2) is 17.5 Å². The van der Waals surface area contributed by atoms with Crippen molar-refractivity contribution in [1.82, 2.24) is 14.5 Å². The fraction of sp³-hybridized carbons (Fsp3) is 0.714. The summed E-state index contributed by atoms with van der Waals surface area (Å²) in [4.78, 5) is 20.5. The first-order valence-electron chi connectivity index (χ1n) is 7.89. The number of alkyl halides is 1. The topological polar surface area (TPSA) is 82.1 Å². The first kappa shape index (κ1) is 17.7. The lowest BCUT2D eigenvalue weighted by Gasteiger charge is -2.28. The molecule has 1 N–H and O–H groups in total. The van der Waals surface area contributed by atoms with E-state index in [2.05, 4.69) is 9.71 Å². The molecule has 0 bridgehead atoms. The van der Waals surface area contributed by atoms with Gasteiger partial charge in [0.2, 0.25) is 15.9 Å². The molecule has 3 aliphatic heterocycles. The number of sulfonamides is 1. The van der Waals surface area contributed by atoms with Crippen molar-refractivity contribution in [1.29, 1.82) is 0 Å². The lowest BCUT2D eigenvalue weighted by Crippen LogP contribution is -2.43. The van der Waals surface area contributed by atoms with Crippen molar-refractivity contribution in [3.8, 4) is 0 Å². The molecule has 3 rings (SSSR count). The number of hydrogen-bond donors (Lipinski definition) is 1. The summed E-state index contributed by atoms with van der Waals surface area (Å²) in [7, 11) is -3.37. The van der Waals surface area contributed by atoms with Crippen LogP contribution in [0.5, 0.6) is 0 Å². The molecule has 24 heavy (non-hydrogen) atoms. The Bertz CT molecular complexity index is 680. The van der Waals surface area contributed by atoms with Crippen LogP contribution < -0.4 is 4.72 Å². The fourth-order valence-electron chi connectivity index (χ4n) is 3.14. The summed E-state index contributed by atoms with van der Waals surface area (Å²) in [6.07, 6.45) is 1.25. The van der Waals surface area contributed by atoms with Gasteiger partial charge in [0, 0.05) is 37.8 Å². The number of hydrogen-bond acceptors (Lipinski definition) is 6. The molecule has 3 aliphatic rings. The summed E-state index contributed by atoms with van der Waals surface area (Å²) < 4.78 is 38.6. The van der Waals surface area contributed by atoms with Crippen molar-refractivity contribution in [3.63, 3.8) is 0 Å². The minimum absolute atomic E-state index is 0.0241. The number of carbonyl (C=O) groups excluding carboxylic acids is 1. The lowest BCUT2D eigenvalue weighted by atomic mass is 10.2. The van der Waals surface area contributed by atoms with Gasteiger partial charge in [0.05, 0.1) is 19.2 Å². The smallest absolute Gasteiger partial charge is 0.228 e. The van der Waals surface area contributed by atoms with Crippen LogP contribution in [0, 0.1) is 0 Å². The summed E-state index contributed by atoms with van der Waals surface area (Å²) >= 11 is 1.51. The van der Waals surface area contributed by atoms with Gasteiger partial charge < -0.3 is 9.80 Å². The normalized spacial score (nSPS) is 27.1. The number of likely N-dealkylation sites (tertiary alicyclic amines) is 1. The molecular weight excluding hydrogens is 355 g/mol. The summed E-state index contributed by atoms with van der Waals surface area (Å²) in [6.45, 7) is 1.73. The van der Waals surface area contributed by atoms with E-state index in [4.69, 9.17) is 0 Å². The first-order chi connectivity index (χ1) is 11.3. The van der Waals surface area contributed by atoms with Gasteiger partial charge in [-0.1, -0.05) is 11.8 Å². The number of halogens is 1. The van der Waals surface area contributed by atoms with Crippen molar-refractivity contribution in [2.45, 2.75) is 31.5 Å². The third kappa shape index (κ3) is 4.09. The maximum atomic E-state index is 13.8. The van der Waals surface area contributed by atoms with E-state index >= 15 is 0 Å². The lowest BCUT2D eigenvalue weighted by molar-refractivity contribution is -0.131. The number of amides is 1. The van der Waals surface area contributed by atoms with Crippen molar-refractivity contribution < 1.29 is 17.6 Å². The van der Waals surface area contributed by atoms with Crippen LogP contribution in [0.15, 0.2) is 16.1 Å². The van der Waals surface area contributed by atoms with Crippen LogP contribution in [0.3, 0.4) is 0 Å². The monoisotopic (exact) mass is 376 g/mol. The molecule has 0 radical (unpaired) electrons. The maximum Gasteiger partial charge on any atom is 0.228 e. The summed E-state index contributed by atoms with van der Waals surface area (Å²) in [6, 6.07) is -0.439. The molecule has 7 nitrogen and oxygen atoms in total. The SMILES string of the molecule is CS(=O)(=O)NC[C@@H]1C[C@H](F)CN1C(=O)CC1=CSC2=NCCCN12. The molecule has 10 heteroatoms. The van der Waals surface area contributed by atoms with Crippen molar-refractivity contribution >= 4 is 32.9 Å². The van der Waals surface area contributed by atoms with Crippen LogP contribution >= 0.6 is 11.8 Å². The minimum atomic E-state index is -3.37. The second-order valence-electron chi connectivity index (χ2n) is 6.23. The molecule has 0 unspecified atom stereocenters. The standard InChI is InChI=1S/C14H21FN4O3S2/c1-24(21,22)17-7-11-5-10(15)8-19(11)13(20)6-12-9-23-14-16-3-2-4-18(12)14/h9-11,17H,2-8H2,1H3/t10-,11-/m0/s1. The van der Waals surface area contributed by atoms with Crippen molar-refractivity contribution in [3.05, 3.63) is 11.1 Å². The molecule has 134 valence electrons. The van der Waals surface area contributed by atoms with Gasteiger partial charge in [0.1, 0.15) is 6.17 Å². The van der Waals surface area contributed by atoms with Crippen molar-refractivity contribution in [2.24, 2.45) is 4.99 Å². The van der Waals surface area contributed by atoms with Gasteiger partial charge in [-0.05, 0) is 11.8 Å². The van der Waals surface area contributed by atoms with Crippen LogP contribution in [0.25, 0.3) is 0 Å². The van der Waals surface area contributed by atoms with Crippen LogP contribution in [0.1, 0.15) is 19.3 Å². The highest BCUT2D eigenvalue weighted by Gasteiger charge is 2.37. The molecule has 1 amide bonds. The Hall–Kier alpha value is -1.13. The number of amidine groups is 1. The van der Waals surface area contributed by atoms with Gasteiger partial charge in [-0.15, -0.1) is 0 Å². The molecule has 3 heterocycles. The highest BCUT2D eigenvalue weighted by atomic mass is 32.2. The van der Waals surface area contributed by atoms with Crippen LogP contribution in [-0.4, -0.2) is 73.9 Å². The number of nitrogens with one attached hydrogen (secondary N) is 1. The summed E-state index contributed by atoms with van der Waals surface area (Å²) in [5, 5.41) is 2.85. The van der Waals surface area contributed by atoms with E-state index in [0.29, 0.717) is 0 Å². The molecule has 0 spiro atoms. The zero-order valence-electron chi connectivity index (χ0n) is 13.4. The van der Waals surface area contributed by atoms with E-state index in [1.165, 1.54) is 16.7 Å². The Morgan fingerprint density at radius 1 is 1.54 bits per heavy atom. The van der Waals surface area contributed by atoms with Gasteiger partial charge in [0.25, 0.3) is 0 Å². The molecule has 1 saturated heterocycles. The van der Waals surface area contributed by atoms with Gasteiger partial charge in [-0.3, -0.25) is 9.79 Å². The second-order valence-corrected chi connectivity index (χ2v) is 8.90. The molecular formula is C14H21FN4O3S2. The first-order valence-corrected chi connectivity index (χ1v) is 10.7. The highest BCUT2D eigenvalue weighted by Crippen LogP contribution is 2.32. The molecule has 0 aliphatic carbocycles. The Balaban J connectivity index is 1.63. The van der Waals surface area contributed by atoms with Gasteiger partial charge >= 0.3 is 0 Å². The minimum Gasteiger partial charge on any atom is -0.335 e. The van der Waals surface area contributed by atoms with Gasteiger partial charge in [-0.2, -0.15) is 0 Å². The van der Waals surface area contributed by atoms with E-state index in [1.54, 1.807) is 0 Å². The zero-order chi connectivity index (χ0) is 17.3. The van der Waals surface area contributed by atoms with E-state index < -0.39 is 22.2 Å². The average Bonchev–Trinajstić information content (AvgIpc) is 3.08. The average molecular weight is 376 g/mol. The maximum absolute atomic E-state index is 13.8. The summed E-state index contributed by atoms with van der Waals surface area (Å²) in [5.74, 6) is -0.172. The highest BCUT2D eigenvalue weighted by molar-refractivity contribution is 8.16.